The highest BCUT2D eigenvalue weighted by Gasteiger charge is 2.09. The van der Waals surface area contributed by atoms with Crippen molar-refractivity contribution in [1.29, 1.82) is 0 Å². The van der Waals surface area contributed by atoms with Crippen molar-refractivity contribution in [2.45, 2.75) is 30.5 Å². The minimum Gasteiger partial charge on any atom is -0.360 e. The fraction of sp³-hybridized carbons (Fsp3) is 0.429. The largest absolute Gasteiger partial charge is 0.360 e. The van der Waals surface area contributed by atoms with Crippen LogP contribution in [-0.4, -0.2) is 32.6 Å². The van der Waals surface area contributed by atoms with Crippen LogP contribution < -0.4 is 5.32 Å². The molecule has 122 valence electrons. The van der Waals surface area contributed by atoms with Crippen LogP contribution in [-0.2, 0) is 6.42 Å². The van der Waals surface area contributed by atoms with Crippen molar-refractivity contribution in [2.75, 3.05) is 17.6 Å². The van der Waals surface area contributed by atoms with E-state index in [-0.39, 0.29) is 0 Å². The first-order chi connectivity index (χ1) is 11.3. The number of aryl methyl sites for hydroxylation is 1. The Bertz CT molecular complexity index is 710. The van der Waals surface area contributed by atoms with Gasteiger partial charge < -0.3 is 9.84 Å². The van der Waals surface area contributed by atoms with Crippen LogP contribution in [0.15, 0.2) is 26.4 Å². The fourth-order valence-electron chi connectivity index (χ4n) is 1.82. The van der Waals surface area contributed by atoms with E-state index in [1.54, 1.807) is 34.4 Å². The SMILES string of the molecule is CCCNc1nnc(SCCCc2nc(-c3cccs3)no2)s1. The van der Waals surface area contributed by atoms with E-state index in [0.717, 1.165) is 45.9 Å². The predicted octanol–water partition coefficient (Wildman–Crippen LogP) is 4.20. The van der Waals surface area contributed by atoms with E-state index in [9.17, 15) is 0 Å². The summed E-state index contributed by atoms with van der Waals surface area (Å²) in [5.41, 5.74) is 0. The zero-order chi connectivity index (χ0) is 15.9. The van der Waals surface area contributed by atoms with Crippen LogP contribution in [0.1, 0.15) is 25.7 Å². The molecule has 3 aromatic heterocycles. The Hall–Kier alpha value is -1.45. The maximum Gasteiger partial charge on any atom is 0.227 e. The van der Waals surface area contributed by atoms with Crippen molar-refractivity contribution in [3.8, 4) is 10.7 Å². The van der Waals surface area contributed by atoms with Crippen molar-refractivity contribution < 1.29 is 4.52 Å². The van der Waals surface area contributed by atoms with Crippen LogP contribution >= 0.6 is 34.4 Å². The lowest BCUT2D eigenvalue weighted by molar-refractivity contribution is 0.378. The molecule has 23 heavy (non-hydrogen) atoms. The first-order valence-electron chi connectivity index (χ1n) is 7.42. The summed E-state index contributed by atoms with van der Waals surface area (Å²) >= 11 is 4.93. The fourth-order valence-corrected chi connectivity index (χ4v) is 4.25. The van der Waals surface area contributed by atoms with E-state index in [2.05, 4.69) is 32.6 Å². The quantitative estimate of drug-likeness (QED) is 0.449. The van der Waals surface area contributed by atoms with Crippen LogP contribution in [0.25, 0.3) is 10.7 Å². The van der Waals surface area contributed by atoms with Crippen molar-refractivity contribution in [3.05, 3.63) is 23.4 Å². The average molecular weight is 368 g/mol. The second-order valence-corrected chi connectivity index (χ2v) is 8.01. The van der Waals surface area contributed by atoms with Crippen molar-refractivity contribution in [1.82, 2.24) is 20.3 Å². The number of nitrogens with one attached hydrogen (secondary N) is 1. The Morgan fingerprint density at radius 2 is 2.30 bits per heavy atom. The van der Waals surface area contributed by atoms with E-state index in [4.69, 9.17) is 4.52 Å². The zero-order valence-corrected chi connectivity index (χ0v) is 15.1. The molecule has 1 N–H and O–H groups in total. The summed E-state index contributed by atoms with van der Waals surface area (Å²) in [6.07, 6.45) is 2.83. The molecule has 0 saturated heterocycles. The molecule has 0 amide bonds. The van der Waals surface area contributed by atoms with Crippen molar-refractivity contribution in [3.63, 3.8) is 0 Å². The van der Waals surface area contributed by atoms with Gasteiger partial charge in [-0.1, -0.05) is 41.2 Å². The molecule has 6 nitrogen and oxygen atoms in total. The van der Waals surface area contributed by atoms with E-state index < -0.39 is 0 Å². The third-order valence-electron chi connectivity index (χ3n) is 2.90. The van der Waals surface area contributed by atoms with Crippen LogP contribution in [0.3, 0.4) is 0 Å². The van der Waals surface area contributed by atoms with Crippen LogP contribution in [0, 0.1) is 0 Å². The number of rotatable bonds is 9. The summed E-state index contributed by atoms with van der Waals surface area (Å²) in [7, 11) is 0. The number of hydrogen-bond acceptors (Lipinski definition) is 9. The molecular weight excluding hydrogens is 350 g/mol. The van der Waals surface area contributed by atoms with Gasteiger partial charge in [0.25, 0.3) is 0 Å². The monoisotopic (exact) mass is 367 g/mol. The van der Waals surface area contributed by atoms with Gasteiger partial charge >= 0.3 is 0 Å². The Morgan fingerprint density at radius 1 is 1.35 bits per heavy atom. The van der Waals surface area contributed by atoms with Gasteiger partial charge in [-0.25, -0.2) is 0 Å². The molecular formula is C14H17N5OS3. The molecule has 0 aliphatic heterocycles. The second kappa shape index (κ2) is 8.42. The Balaban J connectivity index is 1.40. The van der Waals surface area contributed by atoms with Crippen LogP contribution in [0.5, 0.6) is 0 Å². The number of hydrogen-bond donors (Lipinski definition) is 1. The number of aromatic nitrogens is 4. The van der Waals surface area contributed by atoms with Gasteiger partial charge in [0.15, 0.2) is 4.34 Å². The second-order valence-electron chi connectivity index (χ2n) is 4.74. The third kappa shape index (κ3) is 4.76. The van der Waals surface area contributed by atoms with Crippen LogP contribution in [0.2, 0.25) is 0 Å². The molecule has 0 fully saturated rings. The van der Waals surface area contributed by atoms with Gasteiger partial charge in [-0.2, -0.15) is 4.98 Å². The molecule has 0 spiro atoms. The highest BCUT2D eigenvalue weighted by atomic mass is 32.2. The molecule has 0 aliphatic carbocycles. The Morgan fingerprint density at radius 3 is 3.13 bits per heavy atom. The van der Waals surface area contributed by atoms with Gasteiger partial charge in [0.05, 0.1) is 4.88 Å². The van der Waals surface area contributed by atoms with Crippen molar-refractivity contribution in [2.24, 2.45) is 0 Å². The van der Waals surface area contributed by atoms with Crippen LogP contribution in [0.4, 0.5) is 5.13 Å². The van der Waals surface area contributed by atoms with Crippen molar-refractivity contribution >= 4 is 39.6 Å². The molecule has 3 rings (SSSR count). The van der Waals surface area contributed by atoms with Gasteiger partial charge in [0.2, 0.25) is 16.8 Å². The molecule has 0 unspecified atom stereocenters. The van der Waals surface area contributed by atoms with E-state index in [1.807, 2.05) is 17.5 Å². The van der Waals surface area contributed by atoms with E-state index in [1.165, 1.54) is 0 Å². The summed E-state index contributed by atoms with van der Waals surface area (Å²) in [6, 6.07) is 3.98. The summed E-state index contributed by atoms with van der Waals surface area (Å²) in [4.78, 5) is 5.46. The minimum atomic E-state index is 0.679. The molecule has 0 atom stereocenters. The first kappa shape index (κ1) is 16.4. The van der Waals surface area contributed by atoms with Gasteiger partial charge in [-0.15, -0.1) is 21.5 Å². The van der Waals surface area contributed by atoms with Gasteiger partial charge in [-0.3, -0.25) is 0 Å². The molecule has 0 saturated carbocycles. The lowest BCUT2D eigenvalue weighted by Gasteiger charge is -1.96. The first-order valence-corrected chi connectivity index (χ1v) is 10.1. The van der Waals surface area contributed by atoms with E-state index >= 15 is 0 Å². The Kier molecular flexibility index (Phi) is 6.00. The topological polar surface area (TPSA) is 76.7 Å². The van der Waals surface area contributed by atoms with Gasteiger partial charge in [-0.05, 0) is 24.3 Å². The molecule has 0 bridgehead atoms. The highest BCUT2D eigenvalue weighted by Crippen LogP contribution is 2.26. The lowest BCUT2D eigenvalue weighted by Crippen LogP contribution is -1.98. The highest BCUT2D eigenvalue weighted by molar-refractivity contribution is 8.01. The summed E-state index contributed by atoms with van der Waals surface area (Å²) in [5.74, 6) is 2.33. The van der Waals surface area contributed by atoms with E-state index in [0.29, 0.717) is 11.7 Å². The number of thiophene rings is 1. The maximum atomic E-state index is 5.29. The lowest BCUT2D eigenvalue weighted by atomic mass is 10.3. The average Bonchev–Trinajstić information content (AvgIpc) is 3.30. The molecule has 0 aromatic carbocycles. The minimum absolute atomic E-state index is 0.679. The number of anilines is 1. The maximum absolute atomic E-state index is 5.29. The summed E-state index contributed by atoms with van der Waals surface area (Å²) < 4.78 is 6.28. The molecule has 9 heteroatoms. The zero-order valence-electron chi connectivity index (χ0n) is 12.7. The molecule has 0 radical (unpaired) electrons. The molecule has 3 aromatic rings. The summed E-state index contributed by atoms with van der Waals surface area (Å²) in [5, 5.41) is 18.5. The smallest absolute Gasteiger partial charge is 0.227 e. The predicted molar refractivity (Wildman–Crippen MR) is 95.3 cm³/mol. The number of thioether (sulfide) groups is 1. The standard InChI is InChI=1S/C14H17N5OS3/c1-2-7-15-13-17-18-14(23-13)22-9-4-6-11-16-12(19-20-11)10-5-3-8-21-10/h3,5,8H,2,4,6-7,9H2,1H3,(H,15,17). The molecule has 0 aliphatic rings. The van der Waals surface area contributed by atoms with Gasteiger partial charge in [0, 0.05) is 18.7 Å². The summed E-state index contributed by atoms with van der Waals surface area (Å²) in [6.45, 7) is 3.06. The normalized spacial score (nSPS) is 11.0. The Labute approximate surface area is 146 Å². The third-order valence-corrected chi connectivity index (χ3v) is 5.87. The molecule has 3 heterocycles. The number of nitrogens with zero attached hydrogens (tertiary/aromatic N) is 4. The van der Waals surface area contributed by atoms with Gasteiger partial charge in [0.1, 0.15) is 0 Å².